The maximum atomic E-state index is 6.32. The van der Waals surface area contributed by atoms with Gasteiger partial charge in [-0.3, -0.25) is 0 Å². The zero-order chi connectivity index (χ0) is 12.2. The van der Waals surface area contributed by atoms with Crippen LogP contribution in [-0.2, 0) is 0 Å². The zero-order valence-electron chi connectivity index (χ0n) is 11.6. The van der Waals surface area contributed by atoms with Gasteiger partial charge in [0.25, 0.3) is 0 Å². The van der Waals surface area contributed by atoms with Gasteiger partial charge >= 0.3 is 0 Å². The molecule has 0 spiro atoms. The molecule has 0 aliphatic heterocycles. The van der Waals surface area contributed by atoms with Gasteiger partial charge in [-0.2, -0.15) is 0 Å². The molecule has 0 aromatic rings. The summed E-state index contributed by atoms with van der Waals surface area (Å²) in [4.78, 5) is 2.50. The van der Waals surface area contributed by atoms with Crippen LogP contribution in [0.4, 0.5) is 0 Å². The van der Waals surface area contributed by atoms with Crippen LogP contribution in [0.2, 0.25) is 0 Å². The van der Waals surface area contributed by atoms with Crippen LogP contribution in [0, 0.1) is 5.92 Å². The van der Waals surface area contributed by atoms with Crippen molar-refractivity contribution >= 4 is 0 Å². The third-order valence-corrected chi connectivity index (χ3v) is 4.04. The van der Waals surface area contributed by atoms with Crippen molar-refractivity contribution in [3.8, 4) is 0 Å². The van der Waals surface area contributed by atoms with E-state index in [0.717, 1.165) is 24.9 Å². The number of likely N-dealkylation sites (N-methyl/N-ethyl adjacent to an activating group) is 1. The van der Waals surface area contributed by atoms with Crippen LogP contribution >= 0.6 is 0 Å². The van der Waals surface area contributed by atoms with E-state index in [1.54, 1.807) is 0 Å². The number of hydrogen-bond acceptors (Lipinski definition) is 2. The van der Waals surface area contributed by atoms with E-state index in [1.165, 1.54) is 32.1 Å². The molecule has 1 aliphatic rings. The Bertz CT molecular complexity index is 193. The van der Waals surface area contributed by atoms with Gasteiger partial charge < -0.3 is 10.6 Å². The molecule has 1 rings (SSSR count). The fourth-order valence-corrected chi connectivity index (χ4v) is 3.03. The van der Waals surface area contributed by atoms with Crippen molar-refractivity contribution in [3.63, 3.8) is 0 Å². The first kappa shape index (κ1) is 14.0. The van der Waals surface area contributed by atoms with Gasteiger partial charge in [0.15, 0.2) is 0 Å². The molecular weight excluding hydrogens is 196 g/mol. The van der Waals surface area contributed by atoms with Gasteiger partial charge in [0.05, 0.1) is 0 Å². The molecule has 16 heavy (non-hydrogen) atoms. The molecule has 96 valence electrons. The Hall–Kier alpha value is -0.0800. The SMILES string of the molecule is CCCC(C)(N)CN(C)C1CCC(C)CC1. The molecule has 2 N–H and O–H groups in total. The summed E-state index contributed by atoms with van der Waals surface area (Å²) in [6.45, 7) is 7.83. The highest BCUT2D eigenvalue weighted by Gasteiger charge is 2.26. The summed E-state index contributed by atoms with van der Waals surface area (Å²) in [5, 5.41) is 0. The van der Waals surface area contributed by atoms with E-state index in [2.05, 4.69) is 32.7 Å². The lowest BCUT2D eigenvalue weighted by molar-refractivity contribution is 0.139. The molecule has 0 heterocycles. The minimum atomic E-state index is -0.00738. The highest BCUT2D eigenvalue weighted by molar-refractivity contribution is 4.85. The lowest BCUT2D eigenvalue weighted by atomic mass is 9.86. The summed E-state index contributed by atoms with van der Waals surface area (Å²) in [5.41, 5.74) is 6.31. The van der Waals surface area contributed by atoms with E-state index in [-0.39, 0.29) is 5.54 Å². The van der Waals surface area contributed by atoms with Crippen LogP contribution < -0.4 is 5.73 Å². The summed E-state index contributed by atoms with van der Waals surface area (Å²) in [7, 11) is 2.25. The Kier molecular flexibility index (Phi) is 5.26. The number of nitrogens with two attached hydrogens (primary N) is 1. The van der Waals surface area contributed by atoms with Crippen molar-refractivity contribution < 1.29 is 0 Å². The molecular formula is C14H30N2. The smallest absolute Gasteiger partial charge is 0.0254 e. The van der Waals surface area contributed by atoms with Crippen molar-refractivity contribution in [1.29, 1.82) is 0 Å². The molecule has 2 heteroatoms. The largest absolute Gasteiger partial charge is 0.324 e. The summed E-state index contributed by atoms with van der Waals surface area (Å²) < 4.78 is 0. The number of hydrogen-bond donors (Lipinski definition) is 1. The van der Waals surface area contributed by atoms with Crippen LogP contribution in [0.3, 0.4) is 0 Å². The van der Waals surface area contributed by atoms with Gasteiger partial charge in [-0.1, -0.05) is 20.3 Å². The summed E-state index contributed by atoms with van der Waals surface area (Å²) in [6.07, 6.45) is 7.82. The number of rotatable bonds is 5. The Balaban J connectivity index is 2.36. The maximum absolute atomic E-state index is 6.32. The summed E-state index contributed by atoms with van der Waals surface area (Å²) >= 11 is 0. The molecule has 0 saturated heterocycles. The monoisotopic (exact) mass is 226 g/mol. The first-order valence-corrected chi connectivity index (χ1v) is 6.93. The lowest BCUT2D eigenvalue weighted by Gasteiger charge is -2.38. The second-order valence-corrected chi connectivity index (χ2v) is 6.23. The van der Waals surface area contributed by atoms with Crippen LogP contribution in [0.15, 0.2) is 0 Å². The van der Waals surface area contributed by atoms with E-state index < -0.39 is 0 Å². The number of nitrogens with zero attached hydrogens (tertiary/aromatic N) is 1. The highest BCUT2D eigenvalue weighted by Crippen LogP contribution is 2.27. The average molecular weight is 226 g/mol. The Labute approximate surface area is 102 Å². The fraction of sp³-hybridized carbons (Fsp3) is 1.00. The van der Waals surface area contributed by atoms with E-state index in [1.807, 2.05) is 0 Å². The highest BCUT2D eigenvalue weighted by atomic mass is 15.1. The molecule has 0 radical (unpaired) electrons. The van der Waals surface area contributed by atoms with Crippen LogP contribution in [0.25, 0.3) is 0 Å². The van der Waals surface area contributed by atoms with Crippen molar-refractivity contribution in [3.05, 3.63) is 0 Å². The molecule has 1 aliphatic carbocycles. The van der Waals surface area contributed by atoms with E-state index in [0.29, 0.717) is 0 Å². The van der Waals surface area contributed by atoms with Gasteiger partial charge in [-0.05, 0) is 52.0 Å². The van der Waals surface area contributed by atoms with Gasteiger partial charge in [0.1, 0.15) is 0 Å². The van der Waals surface area contributed by atoms with Crippen molar-refractivity contribution in [2.75, 3.05) is 13.6 Å². The topological polar surface area (TPSA) is 29.3 Å². The Morgan fingerprint density at radius 3 is 2.31 bits per heavy atom. The van der Waals surface area contributed by atoms with E-state index in [9.17, 15) is 0 Å². The molecule has 0 aromatic carbocycles. The predicted octanol–water partition coefficient (Wildman–Crippen LogP) is 3.01. The van der Waals surface area contributed by atoms with Crippen molar-refractivity contribution in [2.24, 2.45) is 11.7 Å². The quantitative estimate of drug-likeness (QED) is 0.781. The molecule has 1 atom stereocenters. The molecule has 1 unspecified atom stereocenters. The van der Waals surface area contributed by atoms with E-state index >= 15 is 0 Å². The molecule has 0 amide bonds. The molecule has 1 fully saturated rings. The van der Waals surface area contributed by atoms with Gasteiger partial charge in [0, 0.05) is 18.1 Å². The van der Waals surface area contributed by atoms with Crippen LogP contribution in [-0.4, -0.2) is 30.1 Å². The fourth-order valence-electron chi connectivity index (χ4n) is 3.03. The molecule has 2 nitrogen and oxygen atoms in total. The molecule has 1 saturated carbocycles. The van der Waals surface area contributed by atoms with Crippen LogP contribution in [0.1, 0.15) is 59.3 Å². The van der Waals surface area contributed by atoms with Crippen molar-refractivity contribution in [2.45, 2.75) is 70.9 Å². The lowest BCUT2D eigenvalue weighted by Crippen LogP contribution is -2.50. The minimum Gasteiger partial charge on any atom is -0.324 e. The van der Waals surface area contributed by atoms with Crippen molar-refractivity contribution in [1.82, 2.24) is 4.90 Å². The third kappa shape index (κ3) is 4.42. The Morgan fingerprint density at radius 1 is 1.25 bits per heavy atom. The van der Waals surface area contributed by atoms with Gasteiger partial charge in [0.2, 0.25) is 0 Å². The first-order valence-electron chi connectivity index (χ1n) is 6.93. The van der Waals surface area contributed by atoms with Gasteiger partial charge in [-0.25, -0.2) is 0 Å². The van der Waals surface area contributed by atoms with E-state index in [4.69, 9.17) is 5.73 Å². The predicted molar refractivity (Wildman–Crippen MR) is 71.6 cm³/mol. The van der Waals surface area contributed by atoms with Crippen LogP contribution in [0.5, 0.6) is 0 Å². The third-order valence-electron chi connectivity index (χ3n) is 4.04. The zero-order valence-corrected chi connectivity index (χ0v) is 11.6. The standard InChI is InChI=1S/C14H30N2/c1-5-10-14(3,15)11-16(4)13-8-6-12(2)7-9-13/h12-13H,5-11,15H2,1-4H3. The second-order valence-electron chi connectivity index (χ2n) is 6.23. The summed E-state index contributed by atoms with van der Waals surface area (Å²) in [5.74, 6) is 0.935. The molecule has 0 aromatic heterocycles. The second kappa shape index (κ2) is 6.02. The first-order chi connectivity index (χ1) is 7.44. The Morgan fingerprint density at radius 2 is 1.81 bits per heavy atom. The average Bonchev–Trinajstić information content (AvgIpc) is 2.17. The normalized spacial score (nSPS) is 30.4. The summed E-state index contributed by atoms with van der Waals surface area (Å²) in [6, 6.07) is 0.774. The molecule has 0 bridgehead atoms. The van der Waals surface area contributed by atoms with Gasteiger partial charge in [-0.15, -0.1) is 0 Å². The minimum absolute atomic E-state index is 0.00738. The maximum Gasteiger partial charge on any atom is 0.0254 e.